The van der Waals surface area contributed by atoms with Crippen LogP contribution in [0.1, 0.15) is 11.1 Å². The van der Waals surface area contributed by atoms with Crippen LogP contribution >= 0.6 is 0 Å². The average Bonchev–Trinajstić information content (AvgIpc) is 2.72. The molecule has 0 unspecified atom stereocenters. The van der Waals surface area contributed by atoms with Gasteiger partial charge in [-0.05, 0) is 52.6 Å². The fourth-order valence-electron chi connectivity index (χ4n) is 2.95. The fourth-order valence-corrected chi connectivity index (χ4v) is 2.95. The first-order chi connectivity index (χ1) is 12.8. The monoisotopic (exact) mass is 344 g/mol. The highest BCUT2D eigenvalue weighted by molar-refractivity contribution is 5.71. The molecule has 130 valence electrons. The Hall–Kier alpha value is -3.20. The van der Waals surface area contributed by atoms with Gasteiger partial charge in [-0.2, -0.15) is 0 Å². The van der Waals surface area contributed by atoms with Crippen LogP contribution in [0, 0.1) is 0 Å². The van der Waals surface area contributed by atoms with Gasteiger partial charge in [-0.3, -0.25) is 0 Å². The van der Waals surface area contributed by atoms with Gasteiger partial charge in [0.15, 0.2) is 11.5 Å². The maximum atomic E-state index is 6.01. The van der Waals surface area contributed by atoms with Crippen LogP contribution in [0.5, 0.6) is 17.2 Å². The first kappa shape index (κ1) is 16.3. The molecule has 1 heterocycles. The molecule has 0 saturated heterocycles. The van der Waals surface area contributed by atoms with Gasteiger partial charge in [-0.1, -0.05) is 49.1 Å². The van der Waals surface area contributed by atoms with Crippen molar-refractivity contribution in [2.75, 3.05) is 13.2 Å². The largest absolute Gasteiger partial charge is 0.489 e. The topological polar surface area (TPSA) is 27.7 Å². The van der Waals surface area contributed by atoms with E-state index in [1.165, 1.54) is 0 Å². The minimum absolute atomic E-state index is 0.530. The summed E-state index contributed by atoms with van der Waals surface area (Å²) < 4.78 is 17.3. The Morgan fingerprint density at radius 2 is 1.65 bits per heavy atom. The predicted octanol–water partition coefficient (Wildman–Crippen LogP) is 5.35. The standard InChI is InChI=1S/C23H20O3/c1-2-17-12-20(19-8-9-22-23(15-19)25-11-10-24-22)14-21(13-17)26-16-18-6-4-3-5-7-18/h2-9,12-15H,1,10-11,16H2. The zero-order valence-electron chi connectivity index (χ0n) is 14.5. The SMILES string of the molecule is C=Cc1cc(OCc2ccccc2)cc(-c2ccc3c(c2)OCCO3)c1. The van der Waals surface area contributed by atoms with Crippen molar-refractivity contribution in [3.05, 3.63) is 84.4 Å². The van der Waals surface area contributed by atoms with Crippen LogP contribution in [0.2, 0.25) is 0 Å². The van der Waals surface area contributed by atoms with Gasteiger partial charge in [0.2, 0.25) is 0 Å². The van der Waals surface area contributed by atoms with E-state index in [4.69, 9.17) is 14.2 Å². The Bertz CT molecular complexity index is 916. The van der Waals surface area contributed by atoms with E-state index in [1.807, 2.05) is 54.6 Å². The smallest absolute Gasteiger partial charge is 0.161 e. The van der Waals surface area contributed by atoms with E-state index in [2.05, 4.69) is 24.8 Å². The van der Waals surface area contributed by atoms with E-state index in [1.54, 1.807) is 0 Å². The van der Waals surface area contributed by atoms with Crippen molar-refractivity contribution in [1.29, 1.82) is 0 Å². The lowest BCUT2D eigenvalue weighted by atomic mass is 10.0. The molecule has 0 spiro atoms. The van der Waals surface area contributed by atoms with E-state index in [-0.39, 0.29) is 0 Å². The molecule has 3 nitrogen and oxygen atoms in total. The van der Waals surface area contributed by atoms with E-state index >= 15 is 0 Å². The molecular weight excluding hydrogens is 324 g/mol. The molecule has 26 heavy (non-hydrogen) atoms. The van der Waals surface area contributed by atoms with Crippen molar-refractivity contribution in [2.24, 2.45) is 0 Å². The fraction of sp³-hybridized carbons (Fsp3) is 0.130. The van der Waals surface area contributed by atoms with Gasteiger partial charge < -0.3 is 14.2 Å². The number of rotatable bonds is 5. The molecule has 0 atom stereocenters. The van der Waals surface area contributed by atoms with Crippen LogP contribution in [0.25, 0.3) is 17.2 Å². The van der Waals surface area contributed by atoms with Crippen LogP contribution in [0.15, 0.2) is 73.3 Å². The molecule has 0 bridgehead atoms. The maximum Gasteiger partial charge on any atom is 0.161 e. The Labute approximate surface area is 153 Å². The van der Waals surface area contributed by atoms with E-state index in [9.17, 15) is 0 Å². The van der Waals surface area contributed by atoms with Gasteiger partial charge in [0, 0.05) is 0 Å². The predicted molar refractivity (Wildman–Crippen MR) is 104 cm³/mol. The summed E-state index contributed by atoms with van der Waals surface area (Å²) in [6.45, 7) is 5.60. The Morgan fingerprint density at radius 3 is 2.46 bits per heavy atom. The summed E-state index contributed by atoms with van der Waals surface area (Å²) in [5.74, 6) is 2.39. The second kappa shape index (κ2) is 7.36. The van der Waals surface area contributed by atoms with Crippen LogP contribution in [-0.4, -0.2) is 13.2 Å². The zero-order chi connectivity index (χ0) is 17.8. The molecule has 0 amide bonds. The first-order valence-electron chi connectivity index (χ1n) is 8.66. The molecule has 0 aliphatic carbocycles. The molecule has 1 aliphatic heterocycles. The van der Waals surface area contributed by atoms with Crippen LogP contribution in [-0.2, 0) is 6.61 Å². The Kier molecular flexibility index (Phi) is 4.61. The normalized spacial score (nSPS) is 12.5. The molecule has 1 aliphatic rings. The number of fused-ring (bicyclic) bond motifs is 1. The van der Waals surface area contributed by atoms with Crippen molar-refractivity contribution in [3.8, 4) is 28.4 Å². The third-order valence-corrected chi connectivity index (χ3v) is 4.29. The Morgan fingerprint density at radius 1 is 0.846 bits per heavy atom. The van der Waals surface area contributed by atoms with Crippen molar-refractivity contribution < 1.29 is 14.2 Å². The summed E-state index contributed by atoms with van der Waals surface area (Å²) in [6.07, 6.45) is 1.83. The van der Waals surface area contributed by atoms with Gasteiger partial charge in [0.05, 0.1) is 0 Å². The summed E-state index contributed by atoms with van der Waals surface area (Å²) in [5.41, 5.74) is 4.27. The average molecular weight is 344 g/mol. The molecule has 0 saturated carbocycles. The van der Waals surface area contributed by atoms with Gasteiger partial charge in [-0.15, -0.1) is 0 Å². The molecule has 0 aromatic heterocycles. The van der Waals surface area contributed by atoms with E-state index in [0.717, 1.165) is 39.5 Å². The highest BCUT2D eigenvalue weighted by atomic mass is 16.6. The molecule has 0 radical (unpaired) electrons. The van der Waals surface area contributed by atoms with Crippen molar-refractivity contribution >= 4 is 6.08 Å². The van der Waals surface area contributed by atoms with Gasteiger partial charge in [0.25, 0.3) is 0 Å². The summed E-state index contributed by atoms with van der Waals surface area (Å²) in [6, 6.07) is 22.3. The molecule has 0 N–H and O–H groups in total. The number of hydrogen-bond acceptors (Lipinski definition) is 3. The number of hydrogen-bond donors (Lipinski definition) is 0. The summed E-state index contributed by atoms with van der Waals surface area (Å²) in [5, 5.41) is 0. The third kappa shape index (κ3) is 3.57. The van der Waals surface area contributed by atoms with Crippen LogP contribution in [0.4, 0.5) is 0 Å². The second-order valence-electron chi connectivity index (χ2n) is 6.13. The molecule has 4 rings (SSSR count). The summed E-state index contributed by atoms with van der Waals surface area (Å²) >= 11 is 0. The van der Waals surface area contributed by atoms with Crippen LogP contribution < -0.4 is 14.2 Å². The van der Waals surface area contributed by atoms with E-state index < -0.39 is 0 Å². The van der Waals surface area contributed by atoms with Crippen molar-refractivity contribution in [2.45, 2.75) is 6.61 Å². The van der Waals surface area contributed by atoms with Gasteiger partial charge in [-0.25, -0.2) is 0 Å². The van der Waals surface area contributed by atoms with Crippen LogP contribution in [0.3, 0.4) is 0 Å². The quantitative estimate of drug-likeness (QED) is 0.625. The van der Waals surface area contributed by atoms with Crippen molar-refractivity contribution in [1.82, 2.24) is 0 Å². The maximum absolute atomic E-state index is 6.01. The molecule has 3 heteroatoms. The summed E-state index contributed by atoms with van der Waals surface area (Å²) in [7, 11) is 0. The van der Waals surface area contributed by atoms with Gasteiger partial charge in [0.1, 0.15) is 25.6 Å². The van der Waals surface area contributed by atoms with Crippen molar-refractivity contribution in [3.63, 3.8) is 0 Å². The minimum atomic E-state index is 0.530. The zero-order valence-corrected chi connectivity index (χ0v) is 14.5. The lowest BCUT2D eigenvalue weighted by molar-refractivity contribution is 0.171. The summed E-state index contributed by atoms with van der Waals surface area (Å²) in [4.78, 5) is 0. The highest BCUT2D eigenvalue weighted by Gasteiger charge is 2.13. The molecule has 3 aromatic carbocycles. The number of ether oxygens (including phenoxy) is 3. The molecular formula is C23H20O3. The second-order valence-corrected chi connectivity index (χ2v) is 6.13. The lowest BCUT2D eigenvalue weighted by Gasteiger charge is -2.19. The minimum Gasteiger partial charge on any atom is -0.489 e. The third-order valence-electron chi connectivity index (χ3n) is 4.29. The highest BCUT2D eigenvalue weighted by Crippen LogP contribution is 2.36. The molecule has 0 fully saturated rings. The molecule has 3 aromatic rings. The van der Waals surface area contributed by atoms with Gasteiger partial charge >= 0.3 is 0 Å². The van der Waals surface area contributed by atoms with E-state index in [0.29, 0.717) is 19.8 Å². The lowest BCUT2D eigenvalue weighted by Crippen LogP contribution is -2.15. The number of benzene rings is 3. The first-order valence-corrected chi connectivity index (χ1v) is 8.66. The Balaban J connectivity index is 1.62.